The molecule has 3 fully saturated rings. The van der Waals surface area contributed by atoms with Gasteiger partial charge in [0.15, 0.2) is 0 Å². The van der Waals surface area contributed by atoms with Crippen LogP contribution >= 0.6 is 0 Å². The molecular weight excluding hydrogens is 272 g/mol. The second-order valence-electron chi connectivity index (χ2n) is 7.38. The first kappa shape index (κ1) is 14.4. The Kier molecular flexibility index (Phi) is 3.81. The van der Waals surface area contributed by atoms with Gasteiger partial charge in [-0.15, -0.1) is 0 Å². The van der Waals surface area contributed by atoms with Crippen molar-refractivity contribution < 1.29 is 0 Å². The molecule has 4 rings (SSSR count). The van der Waals surface area contributed by atoms with Crippen molar-refractivity contribution in [2.45, 2.75) is 52.0 Å². The summed E-state index contributed by atoms with van der Waals surface area (Å²) in [5.41, 5.74) is 1.16. The van der Waals surface area contributed by atoms with Gasteiger partial charge in [0.1, 0.15) is 11.6 Å². The van der Waals surface area contributed by atoms with Crippen LogP contribution in [0.4, 0.5) is 5.82 Å². The Bertz CT molecular complexity index is 536. The van der Waals surface area contributed by atoms with Crippen LogP contribution in [-0.2, 0) is 6.42 Å². The van der Waals surface area contributed by atoms with Gasteiger partial charge in [0.2, 0.25) is 0 Å². The number of anilines is 1. The molecule has 2 heterocycles. The van der Waals surface area contributed by atoms with Crippen LogP contribution in [0.3, 0.4) is 0 Å². The van der Waals surface area contributed by atoms with Crippen molar-refractivity contribution in [3.8, 4) is 0 Å². The fraction of sp³-hybridized carbons (Fsp3) is 0.778. The van der Waals surface area contributed by atoms with E-state index in [0.717, 1.165) is 54.7 Å². The first-order valence-corrected chi connectivity index (χ1v) is 9.06. The van der Waals surface area contributed by atoms with Crippen molar-refractivity contribution in [3.63, 3.8) is 0 Å². The van der Waals surface area contributed by atoms with E-state index in [9.17, 15) is 0 Å². The molecule has 2 aliphatic carbocycles. The lowest BCUT2D eigenvalue weighted by molar-refractivity contribution is 0.134. The SMILES string of the molecule is CCc1cc(N2CCN(C3CC4CCC3C4)CC2)nc(C)n1. The Hall–Kier alpha value is -1.16. The van der Waals surface area contributed by atoms with E-state index in [4.69, 9.17) is 0 Å². The van der Waals surface area contributed by atoms with E-state index >= 15 is 0 Å². The van der Waals surface area contributed by atoms with Gasteiger partial charge in [-0.2, -0.15) is 0 Å². The molecule has 1 saturated heterocycles. The number of fused-ring (bicyclic) bond motifs is 2. The predicted molar refractivity (Wildman–Crippen MR) is 89.2 cm³/mol. The Morgan fingerprint density at radius 2 is 1.91 bits per heavy atom. The van der Waals surface area contributed by atoms with Gasteiger partial charge in [-0.05, 0) is 44.4 Å². The van der Waals surface area contributed by atoms with Gasteiger partial charge in [0.25, 0.3) is 0 Å². The summed E-state index contributed by atoms with van der Waals surface area (Å²) < 4.78 is 0. The summed E-state index contributed by atoms with van der Waals surface area (Å²) in [6.07, 6.45) is 6.95. The predicted octanol–water partition coefficient (Wildman–Crippen LogP) is 2.66. The number of hydrogen-bond donors (Lipinski definition) is 0. The molecule has 1 aliphatic heterocycles. The normalized spacial score (nSPS) is 31.9. The van der Waals surface area contributed by atoms with Crippen LogP contribution in [-0.4, -0.2) is 47.1 Å². The molecule has 0 N–H and O–H groups in total. The molecule has 4 nitrogen and oxygen atoms in total. The number of piperazine rings is 1. The summed E-state index contributed by atoms with van der Waals surface area (Å²) in [4.78, 5) is 14.4. The minimum atomic E-state index is 0.888. The number of aromatic nitrogens is 2. The van der Waals surface area contributed by atoms with E-state index in [1.54, 1.807) is 0 Å². The van der Waals surface area contributed by atoms with Crippen molar-refractivity contribution in [1.29, 1.82) is 0 Å². The van der Waals surface area contributed by atoms with Crippen LogP contribution < -0.4 is 4.90 Å². The van der Waals surface area contributed by atoms with Crippen molar-refractivity contribution in [1.82, 2.24) is 14.9 Å². The Labute approximate surface area is 133 Å². The summed E-state index contributed by atoms with van der Waals surface area (Å²) >= 11 is 0. The molecule has 0 aromatic carbocycles. The van der Waals surface area contributed by atoms with E-state index in [1.807, 2.05) is 6.92 Å². The molecule has 1 aromatic heterocycles. The second kappa shape index (κ2) is 5.80. The number of rotatable bonds is 3. The van der Waals surface area contributed by atoms with Crippen molar-refractivity contribution in [2.75, 3.05) is 31.1 Å². The standard InChI is InChI=1S/C18H28N4/c1-3-16-12-18(20-13(2)19-16)22-8-6-21(7-9-22)17-11-14-4-5-15(17)10-14/h12,14-15,17H,3-11H2,1-2H3. The van der Waals surface area contributed by atoms with Gasteiger partial charge in [0.05, 0.1) is 0 Å². The largest absolute Gasteiger partial charge is 0.354 e. The maximum Gasteiger partial charge on any atom is 0.132 e. The summed E-state index contributed by atoms with van der Waals surface area (Å²) in [5.74, 6) is 4.09. The van der Waals surface area contributed by atoms with Crippen LogP contribution in [0.2, 0.25) is 0 Å². The summed E-state index contributed by atoms with van der Waals surface area (Å²) in [7, 11) is 0. The monoisotopic (exact) mass is 300 g/mol. The molecule has 2 bridgehead atoms. The highest BCUT2D eigenvalue weighted by molar-refractivity contribution is 5.40. The van der Waals surface area contributed by atoms with Gasteiger partial charge in [0, 0.05) is 44.0 Å². The van der Waals surface area contributed by atoms with E-state index in [-0.39, 0.29) is 0 Å². The topological polar surface area (TPSA) is 32.3 Å². The summed E-state index contributed by atoms with van der Waals surface area (Å²) in [6, 6.07) is 3.07. The fourth-order valence-electron chi connectivity index (χ4n) is 4.90. The van der Waals surface area contributed by atoms with Crippen LogP contribution in [0.5, 0.6) is 0 Å². The van der Waals surface area contributed by atoms with Crippen LogP contribution in [0.25, 0.3) is 0 Å². The fourth-order valence-corrected chi connectivity index (χ4v) is 4.90. The van der Waals surface area contributed by atoms with Crippen LogP contribution in [0.15, 0.2) is 6.07 Å². The quantitative estimate of drug-likeness (QED) is 0.859. The molecule has 4 heteroatoms. The molecular formula is C18H28N4. The average Bonchev–Trinajstić information content (AvgIpc) is 3.17. The van der Waals surface area contributed by atoms with Gasteiger partial charge in [-0.1, -0.05) is 13.3 Å². The Balaban J connectivity index is 1.40. The maximum atomic E-state index is 4.66. The zero-order valence-electron chi connectivity index (χ0n) is 14.0. The molecule has 0 amide bonds. The van der Waals surface area contributed by atoms with E-state index in [0.29, 0.717) is 0 Å². The smallest absolute Gasteiger partial charge is 0.132 e. The van der Waals surface area contributed by atoms with Crippen LogP contribution in [0.1, 0.15) is 44.1 Å². The molecule has 2 saturated carbocycles. The van der Waals surface area contributed by atoms with Crippen LogP contribution in [0, 0.1) is 18.8 Å². The van der Waals surface area contributed by atoms with Gasteiger partial charge in [-0.3, -0.25) is 4.90 Å². The molecule has 3 atom stereocenters. The highest BCUT2D eigenvalue weighted by atomic mass is 15.3. The lowest BCUT2D eigenvalue weighted by Crippen LogP contribution is -2.52. The van der Waals surface area contributed by atoms with Crippen molar-refractivity contribution in [2.24, 2.45) is 11.8 Å². The first-order chi connectivity index (χ1) is 10.7. The minimum absolute atomic E-state index is 0.888. The Morgan fingerprint density at radius 3 is 2.55 bits per heavy atom. The summed E-state index contributed by atoms with van der Waals surface area (Å²) in [5, 5.41) is 0. The first-order valence-electron chi connectivity index (χ1n) is 9.06. The molecule has 3 unspecified atom stereocenters. The lowest BCUT2D eigenvalue weighted by Gasteiger charge is -2.41. The van der Waals surface area contributed by atoms with E-state index < -0.39 is 0 Å². The maximum absolute atomic E-state index is 4.66. The van der Waals surface area contributed by atoms with E-state index in [1.165, 1.54) is 38.8 Å². The third kappa shape index (κ3) is 2.62. The minimum Gasteiger partial charge on any atom is -0.354 e. The molecule has 22 heavy (non-hydrogen) atoms. The molecule has 1 aromatic rings. The highest BCUT2D eigenvalue weighted by Crippen LogP contribution is 2.46. The number of nitrogens with zero attached hydrogens (tertiary/aromatic N) is 4. The summed E-state index contributed by atoms with van der Waals surface area (Å²) in [6.45, 7) is 8.82. The molecule has 0 radical (unpaired) electrons. The van der Waals surface area contributed by atoms with Gasteiger partial charge < -0.3 is 4.90 Å². The average molecular weight is 300 g/mol. The molecule has 120 valence electrons. The number of hydrogen-bond acceptors (Lipinski definition) is 4. The zero-order valence-corrected chi connectivity index (χ0v) is 14.0. The molecule has 0 spiro atoms. The van der Waals surface area contributed by atoms with Gasteiger partial charge >= 0.3 is 0 Å². The highest BCUT2D eigenvalue weighted by Gasteiger charge is 2.42. The third-order valence-electron chi connectivity index (χ3n) is 6.05. The number of aryl methyl sites for hydroxylation is 2. The van der Waals surface area contributed by atoms with Crippen molar-refractivity contribution >= 4 is 5.82 Å². The van der Waals surface area contributed by atoms with Gasteiger partial charge in [-0.25, -0.2) is 9.97 Å². The Morgan fingerprint density at radius 1 is 1.09 bits per heavy atom. The third-order valence-corrected chi connectivity index (χ3v) is 6.05. The zero-order chi connectivity index (χ0) is 15.1. The lowest BCUT2D eigenvalue weighted by atomic mass is 9.93. The van der Waals surface area contributed by atoms with Crippen molar-refractivity contribution in [3.05, 3.63) is 17.6 Å². The molecule has 3 aliphatic rings. The second-order valence-corrected chi connectivity index (χ2v) is 7.38. The van der Waals surface area contributed by atoms with E-state index in [2.05, 4.69) is 32.8 Å².